The quantitative estimate of drug-likeness (QED) is 0.633. The summed E-state index contributed by atoms with van der Waals surface area (Å²) in [5, 5.41) is 4.13. The van der Waals surface area contributed by atoms with Gasteiger partial charge in [0.2, 0.25) is 0 Å². The normalized spacial score (nSPS) is 25.3. The fraction of sp³-hybridized carbons (Fsp3) is 0.643. The van der Waals surface area contributed by atoms with Crippen LogP contribution in [0.15, 0.2) is 18.3 Å². The molecule has 1 heterocycles. The van der Waals surface area contributed by atoms with Crippen molar-refractivity contribution in [2.24, 2.45) is 5.92 Å². The van der Waals surface area contributed by atoms with Crippen LogP contribution in [0.1, 0.15) is 45.4 Å². The summed E-state index contributed by atoms with van der Waals surface area (Å²) in [7, 11) is 0. The molecule has 3 heteroatoms. The van der Waals surface area contributed by atoms with Gasteiger partial charge < -0.3 is 5.32 Å². The molecule has 94 valence electrons. The zero-order chi connectivity index (χ0) is 12.1. The highest BCUT2D eigenvalue weighted by Gasteiger charge is 2.17. The summed E-state index contributed by atoms with van der Waals surface area (Å²) in [6.07, 6.45) is 9.81. The molecule has 0 saturated heterocycles. The average molecular weight is 253 g/mol. The largest absolute Gasteiger partial charge is 0.381 e. The zero-order valence-electron chi connectivity index (χ0n) is 10.5. The molecule has 0 radical (unpaired) electrons. The molecule has 1 saturated carbocycles. The molecule has 2 rings (SSSR count). The number of nitrogens with one attached hydrogen (secondary N) is 1. The van der Waals surface area contributed by atoms with Crippen LogP contribution >= 0.6 is 11.6 Å². The van der Waals surface area contributed by atoms with Crippen LogP contribution in [0.2, 0.25) is 5.15 Å². The van der Waals surface area contributed by atoms with Gasteiger partial charge in [-0.1, -0.05) is 37.8 Å². The molecule has 1 aliphatic carbocycles. The van der Waals surface area contributed by atoms with Crippen molar-refractivity contribution in [1.82, 2.24) is 4.98 Å². The van der Waals surface area contributed by atoms with E-state index in [9.17, 15) is 0 Å². The fourth-order valence-corrected chi connectivity index (χ4v) is 2.74. The smallest absolute Gasteiger partial charge is 0.129 e. The third-order valence-electron chi connectivity index (χ3n) is 3.76. The highest BCUT2D eigenvalue weighted by atomic mass is 35.5. The highest BCUT2D eigenvalue weighted by molar-refractivity contribution is 6.29. The van der Waals surface area contributed by atoms with E-state index in [1.165, 1.54) is 38.5 Å². The third kappa shape index (κ3) is 3.88. The minimum Gasteiger partial charge on any atom is -0.381 e. The highest BCUT2D eigenvalue weighted by Crippen LogP contribution is 2.27. The average Bonchev–Trinajstić information content (AvgIpc) is 2.57. The van der Waals surface area contributed by atoms with Crippen molar-refractivity contribution in [3.05, 3.63) is 23.5 Å². The zero-order valence-corrected chi connectivity index (χ0v) is 11.2. The maximum atomic E-state index is 5.78. The molecule has 2 nitrogen and oxygen atoms in total. The molecule has 1 aliphatic rings. The van der Waals surface area contributed by atoms with Crippen molar-refractivity contribution < 1.29 is 0 Å². The van der Waals surface area contributed by atoms with Crippen LogP contribution < -0.4 is 5.32 Å². The first-order chi connectivity index (χ1) is 8.28. The van der Waals surface area contributed by atoms with Gasteiger partial charge in [0, 0.05) is 6.04 Å². The van der Waals surface area contributed by atoms with E-state index in [-0.39, 0.29) is 0 Å². The molecule has 0 spiro atoms. The predicted molar refractivity (Wildman–Crippen MR) is 73.5 cm³/mol. The minimum absolute atomic E-state index is 0.558. The Morgan fingerprint density at radius 2 is 2.18 bits per heavy atom. The maximum absolute atomic E-state index is 5.78. The molecule has 0 aliphatic heterocycles. The van der Waals surface area contributed by atoms with Crippen molar-refractivity contribution in [3.8, 4) is 0 Å². The monoisotopic (exact) mass is 252 g/mol. The second kappa shape index (κ2) is 6.25. The standard InChI is InChI=1S/C14H21ClN2/c1-2-11-4-3-5-12(7-6-11)17-13-8-9-14(15)16-10-13/h8-12,17H,2-7H2,1H3. The second-order valence-corrected chi connectivity index (χ2v) is 5.38. The topological polar surface area (TPSA) is 24.9 Å². The van der Waals surface area contributed by atoms with Crippen LogP contribution in [0.25, 0.3) is 0 Å². The van der Waals surface area contributed by atoms with Crippen LogP contribution in [0.4, 0.5) is 5.69 Å². The number of pyridine rings is 1. The van der Waals surface area contributed by atoms with Crippen molar-refractivity contribution >= 4 is 17.3 Å². The first-order valence-corrected chi connectivity index (χ1v) is 7.04. The fourth-order valence-electron chi connectivity index (χ4n) is 2.63. The van der Waals surface area contributed by atoms with Gasteiger partial charge in [0.15, 0.2) is 0 Å². The Morgan fingerprint density at radius 1 is 1.29 bits per heavy atom. The number of aromatic nitrogens is 1. The van der Waals surface area contributed by atoms with Gasteiger partial charge in [-0.15, -0.1) is 0 Å². The summed E-state index contributed by atoms with van der Waals surface area (Å²) < 4.78 is 0. The van der Waals surface area contributed by atoms with Gasteiger partial charge in [0.05, 0.1) is 11.9 Å². The molecule has 1 aromatic heterocycles. The van der Waals surface area contributed by atoms with Gasteiger partial charge in [-0.25, -0.2) is 4.98 Å². The molecule has 0 bridgehead atoms. The summed E-state index contributed by atoms with van der Waals surface area (Å²) in [4.78, 5) is 4.10. The van der Waals surface area contributed by atoms with Crippen LogP contribution in [-0.4, -0.2) is 11.0 Å². The Balaban J connectivity index is 1.88. The Bertz CT molecular complexity index is 337. The third-order valence-corrected chi connectivity index (χ3v) is 3.99. The molecule has 2 atom stereocenters. The van der Waals surface area contributed by atoms with Crippen LogP contribution in [0, 0.1) is 5.92 Å². The van der Waals surface area contributed by atoms with E-state index in [1.807, 2.05) is 18.3 Å². The van der Waals surface area contributed by atoms with Gasteiger partial charge in [-0.2, -0.15) is 0 Å². The van der Waals surface area contributed by atoms with Gasteiger partial charge in [-0.05, 0) is 37.3 Å². The lowest BCUT2D eigenvalue weighted by molar-refractivity contribution is 0.444. The lowest BCUT2D eigenvalue weighted by atomic mass is 9.98. The minimum atomic E-state index is 0.558. The maximum Gasteiger partial charge on any atom is 0.129 e. The molecule has 0 amide bonds. The Labute approximate surface area is 109 Å². The van der Waals surface area contributed by atoms with Gasteiger partial charge in [0.25, 0.3) is 0 Å². The van der Waals surface area contributed by atoms with Crippen LogP contribution in [-0.2, 0) is 0 Å². The van der Waals surface area contributed by atoms with Gasteiger partial charge in [-0.3, -0.25) is 0 Å². The molecule has 0 aromatic carbocycles. The Morgan fingerprint density at radius 3 is 2.88 bits per heavy atom. The lowest BCUT2D eigenvalue weighted by Crippen LogP contribution is -2.18. The molecule has 1 fully saturated rings. The number of halogens is 1. The summed E-state index contributed by atoms with van der Waals surface area (Å²) in [5.74, 6) is 0.935. The van der Waals surface area contributed by atoms with Crippen molar-refractivity contribution in [2.75, 3.05) is 5.32 Å². The van der Waals surface area contributed by atoms with Crippen molar-refractivity contribution in [1.29, 1.82) is 0 Å². The van der Waals surface area contributed by atoms with E-state index >= 15 is 0 Å². The molecule has 1 N–H and O–H groups in total. The van der Waals surface area contributed by atoms with E-state index in [1.54, 1.807) is 0 Å². The number of nitrogens with zero attached hydrogens (tertiary/aromatic N) is 1. The summed E-state index contributed by atoms with van der Waals surface area (Å²) in [6, 6.07) is 4.46. The molecular weight excluding hydrogens is 232 g/mol. The molecular formula is C14H21ClN2. The first kappa shape index (κ1) is 12.7. The second-order valence-electron chi connectivity index (χ2n) is 4.99. The van der Waals surface area contributed by atoms with E-state index < -0.39 is 0 Å². The summed E-state index contributed by atoms with van der Waals surface area (Å²) in [6.45, 7) is 2.31. The lowest BCUT2D eigenvalue weighted by Gasteiger charge is -2.17. The van der Waals surface area contributed by atoms with Crippen molar-refractivity contribution in [3.63, 3.8) is 0 Å². The van der Waals surface area contributed by atoms with Crippen LogP contribution in [0.3, 0.4) is 0 Å². The SMILES string of the molecule is CCC1CCCC(Nc2ccc(Cl)nc2)CC1. The molecule has 1 aromatic rings. The van der Waals surface area contributed by atoms with E-state index in [4.69, 9.17) is 11.6 Å². The predicted octanol–water partition coefficient (Wildman–Crippen LogP) is 4.51. The Hall–Kier alpha value is -0.760. The van der Waals surface area contributed by atoms with Crippen molar-refractivity contribution in [2.45, 2.75) is 51.5 Å². The number of rotatable bonds is 3. The molecule has 17 heavy (non-hydrogen) atoms. The number of hydrogen-bond acceptors (Lipinski definition) is 2. The van der Waals surface area contributed by atoms with E-state index in [0.717, 1.165) is 11.6 Å². The van der Waals surface area contributed by atoms with Gasteiger partial charge >= 0.3 is 0 Å². The molecule has 2 unspecified atom stereocenters. The Kier molecular flexibility index (Phi) is 4.66. The van der Waals surface area contributed by atoms with E-state index in [0.29, 0.717) is 11.2 Å². The summed E-state index contributed by atoms with van der Waals surface area (Å²) in [5.41, 5.74) is 1.09. The number of hydrogen-bond donors (Lipinski definition) is 1. The number of anilines is 1. The van der Waals surface area contributed by atoms with Gasteiger partial charge in [0.1, 0.15) is 5.15 Å². The van der Waals surface area contributed by atoms with E-state index in [2.05, 4.69) is 17.2 Å². The first-order valence-electron chi connectivity index (χ1n) is 6.66. The van der Waals surface area contributed by atoms with Crippen LogP contribution in [0.5, 0.6) is 0 Å². The summed E-state index contributed by atoms with van der Waals surface area (Å²) >= 11 is 5.78.